The highest BCUT2D eigenvalue weighted by atomic mass is 79.9. The number of nitrogens with zero attached hydrogens (tertiary/aromatic N) is 4. The zero-order valence-corrected chi connectivity index (χ0v) is 17.7. The van der Waals surface area contributed by atoms with Crippen LogP contribution in [0.5, 0.6) is 5.75 Å². The summed E-state index contributed by atoms with van der Waals surface area (Å²) < 4.78 is 6.47. The van der Waals surface area contributed by atoms with Gasteiger partial charge in [0.25, 0.3) is 5.91 Å². The minimum absolute atomic E-state index is 0.0570. The number of nitrogens with one attached hydrogen (secondary N) is 1. The van der Waals surface area contributed by atoms with Crippen molar-refractivity contribution in [1.29, 1.82) is 0 Å². The Labute approximate surface area is 177 Å². The van der Waals surface area contributed by atoms with Gasteiger partial charge in [-0.05, 0) is 49.5 Å². The van der Waals surface area contributed by atoms with Gasteiger partial charge in [-0.3, -0.25) is 4.79 Å². The normalized spacial score (nSPS) is 14.8. The summed E-state index contributed by atoms with van der Waals surface area (Å²) in [6.45, 7) is 3.81. The van der Waals surface area contributed by atoms with E-state index in [9.17, 15) is 4.79 Å². The van der Waals surface area contributed by atoms with Gasteiger partial charge in [0.15, 0.2) is 6.61 Å². The third-order valence-corrected chi connectivity index (χ3v) is 5.35. The number of carbonyl (C=O) groups excluding carboxylic acids is 1. The summed E-state index contributed by atoms with van der Waals surface area (Å²) in [6.07, 6.45) is 1.81. The Morgan fingerprint density at radius 1 is 1.14 bits per heavy atom. The molecule has 2 aromatic carbocycles. The number of aromatic nitrogens is 2. The first-order chi connectivity index (χ1) is 14.1. The molecule has 1 aliphatic rings. The molecular formula is C21H22BrN5O2. The molecule has 2 heterocycles. The van der Waals surface area contributed by atoms with Crippen LogP contribution < -0.4 is 15.0 Å². The predicted molar refractivity (Wildman–Crippen MR) is 118 cm³/mol. The molecule has 1 N–H and O–H groups in total. The molecule has 1 saturated heterocycles. The molecule has 29 heavy (non-hydrogen) atoms. The minimum Gasteiger partial charge on any atom is -0.484 e. The molecule has 1 fully saturated rings. The third kappa shape index (κ3) is 5.02. The van der Waals surface area contributed by atoms with E-state index in [1.165, 1.54) is 0 Å². The summed E-state index contributed by atoms with van der Waals surface area (Å²) in [4.78, 5) is 25.9. The predicted octanol–water partition coefficient (Wildman–Crippen LogP) is 3.16. The van der Waals surface area contributed by atoms with Gasteiger partial charge in [0.1, 0.15) is 5.75 Å². The van der Waals surface area contributed by atoms with E-state index in [2.05, 4.69) is 48.1 Å². The first-order valence-electron chi connectivity index (χ1n) is 9.45. The lowest BCUT2D eigenvalue weighted by Gasteiger charge is -2.32. The van der Waals surface area contributed by atoms with E-state index in [-0.39, 0.29) is 12.5 Å². The molecule has 1 amide bonds. The van der Waals surface area contributed by atoms with Crippen LogP contribution in [0.3, 0.4) is 0 Å². The lowest BCUT2D eigenvalue weighted by molar-refractivity contribution is -0.118. The Bertz CT molecular complexity index is 1000. The number of anilines is 2. The third-order valence-electron chi connectivity index (χ3n) is 4.82. The molecule has 0 radical (unpaired) electrons. The number of ether oxygens (including phenoxy) is 1. The second-order valence-electron chi connectivity index (χ2n) is 7.02. The highest BCUT2D eigenvalue weighted by molar-refractivity contribution is 9.10. The van der Waals surface area contributed by atoms with Crippen molar-refractivity contribution >= 4 is 44.4 Å². The van der Waals surface area contributed by atoms with Crippen LogP contribution in [-0.2, 0) is 4.79 Å². The summed E-state index contributed by atoms with van der Waals surface area (Å²) in [7, 11) is 2.12. The summed E-state index contributed by atoms with van der Waals surface area (Å²) in [5.74, 6) is 1.18. The number of fused-ring (bicyclic) bond motifs is 1. The van der Waals surface area contributed by atoms with Gasteiger partial charge in [-0.2, -0.15) is 0 Å². The standard InChI is InChI=1S/C21H22BrN5O2/c1-26-8-10-27(11-9-26)21-23-13-15-12-17(4-7-19(15)25-21)24-20(28)14-29-18-5-2-16(22)3-6-18/h2-7,12-13H,8-11,14H2,1H3,(H,24,28). The van der Waals surface area contributed by atoms with Crippen LogP contribution >= 0.6 is 15.9 Å². The fraction of sp³-hybridized carbons (Fsp3) is 0.286. The fourth-order valence-electron chi connectivity index (χ4n) is 3.14. The summed E-state index contributed by atoms with van der Waals surface area (Å²) in [6, 6.07) is 13.0. The molecule has 4 rings (SSSR count). The molecule has 7 nitrogen and oxygen atoms in total. The minimum atomic E-state index is -0.220. The van der Waals surface area contributed by atoms with Crippen molar-refractivity contribution in [1.82, 2.24) is 14.9 Å². The first-order valence-corrected chi connectivity index (χ1v) is 10.2. The molecule has 8 heteroatoms. The van der Waals surface area contributed by atoms with Gasteiger partial charge in [0, 0.05) is 47.9 Å². The maximum Gasteiger partial charge on any atom is 0.262 e. The Morgan fingerprint density at radius 2 is 1.90 bits per heavy atom. The van der Waals surface area contributed by atoms with Crippen molar-refractivity contribution in [3.8, 4) is 5.75 Å². The highest BCUT2D eigenvalue weighted by Gasteiger charge is 2.16. The van der Waals surface area contributed by atoms with Gasteiger partial charge in [-0.1, -0.05) is 15.9 Å². The maximum atomic E-state index is 12.2. The van der Waals surface area contributed by atoms with Crippen molar-refractivity contribution < 1.29 is 9.53 Å². The van der Waals surface area contributed by atoms with Crippen LogP contribution in [0, 0.1) is 0 Å². The number of piperazine rings is 1. The van der Waals surface area contributed by atoms with Gasteiger partial charge in [0.05, 0.1) is 5.52 Å². The molecule has 0 aliphatic carbocycles. The maximum absolute atomic E-state index is 12.2. The Hall–Kier alpha value is -2.71. The highest BCUT2D eigenvalue weighted by Crippen LogP contribution is 2.20. The van der Waals surface area contributed by atoms with Crippen molar-refractivity contribution in [2.45, 2.75) is 0 Å². The van der Waals surface area contributed by atoms with Crippen LogP contribution in [0.15, 0.2) is 53.1 Å². The number of amides is 1. The Morgan fingerprint density at radius 3 is 2.66 bits per heavy atom. The van der Waals surface area contributed by atoms with Gasteiger partial charge in [-0.15, -0.1) is 0 Å². The number of hydrogen-bond acceptors (Lipinski definition) is 6. The summed E-state index contributed by atoms with van der Waals surface area (Å²) >= 11 is 3.37. The van der Waals surface area contributed by atoms with Crippen molar-refractivity contribution in [3.05, 3.63) is 53.1 Å². The van der Waals surface area contributed by atoms with Crippen LogP contribution in [0.25, 0.3) is 10.9 Å². The first kappa shape index (κ1) is 19.6. The average molecular weight is 456 g/mol. The van der Waals surface area contributed by atoms with Crippen LogP contribution in [0.4, 0.5) is 11.6 Å². The number of likely N-dealkylation sites (N-methyl/N-ethyl adjacent to an activating group) is 1. The smallest absolute Gasteiger partial charge is 0.262 e. The van der Waals surface area contributed by atoms with E-state index in [4.69, 9.17) is 4.74 Å². The van der Waals surface area contributed by atoms with E-state index >= 15 is 0 Å². The molecule has 0 spiro atoms. The number of rotatable bonds is 5. The molecule has 3 aromatic rings. The van der Waals surface area contributed by atoms with Gasteiger partial charge >= 0.3 is 0 Å². The summed E-state index contributed by atoms with van der Waals surface area (Å²) in [5, 5.41) is 3.74. The van der Waals surface area contributed by atoms with Crippen molar-refractivity contribution in [2.24, 2.45) is 0 Å². The summed E-state index contributed by atoms with van der Waals surface area (Å²) in [5.41, 5.74) is 1.55. The molecule has 0 bridgehead atoms. The van der Waals surface area contributed by atoms with Crippen LogP contribution in [0.2, 0.25) is 0 Å². The SMILES string of the molecule is CN1CCN(c2ncc3cc(NC(=O)COc4ccc(Br)cc4)ccc3n2)CC1. The number of hydrogen-bond donors (Lipinski definition) is 1. The van der Waals surface area contributed by atoms with Gasteiger partial charge in [0.2, 0.25) is 5.95 Å². The molecule has 1 aromatic heterocycles. The molecule has 0 atom stereocenters. The largest absolute Gasteiger partial charge is 0.484 e. The van der Waals surface area contributed by atoms with E-state index in [1.54, 1.807) is 0 Å². The van der Waals surface area contributed by atoms with Crippen LogP contribution in [0.1, 0.15) is 0 Å². The number of carbonyl (C=O) groups is 1. The van der Waals surface area contributed by atoms with Gasteiger partial charge in [-0.25, -0.2) is 9.97 Å². The molecule has 0 unspecified atom stereocenters. The lowest BCUT2D eigenvalue weighted by atomic mass is 10.2. The monoisotopic (exact) mass is 455 g/mol. The van der Waals surface area contributed by atoms with Crippen molar-refractivity contribution in [3.63, 3.8) is 0 Å². The number of halogens is 1. The van der Waals surface area contributed by atoms with E-state index < -0.39 is 0 Å². The average Bonchev–Trinajstić information content (AvgIpc) is 2.73. The van der Waals surface area contributed by atoms with Gasteiger partial charge < -0.3 is 19.9 Å². The quantitative estimate of drug-likeness (QED) is 0.636. The van der Waals surface area contributed by atoms with Crippen molar-refractivity contribution in [2.75, 3.05) is 50.1 Å². The second kappa shape index (κ2) is 8.75. The van der Waals surface area contributed by atoms with E-state index in [0.717, 1.165) is 47.5 Å². The molecule has 0 saturated carbocycles. The Balaban J connectivity index is 1.38. The molecular weight excluding hydrogens is 434 g/mol. The molecule has 150 valence electrons. The van der Waals surface area contributed by atoms with E-state index in [1.807, 2.05) is 48.7 Å². The Kier molecular flexibility index (Phi) is 5.92. The zero-order chi connectivity index (χ0) is 20.2. The zero-order valence-electron chi connectivity index (χ0n) is 16.1. The lowest BCUT2D eigenvalue weighted by Crippen LogP contribution is -2.45. The fourth-order valence-corrected chi connectivity index (χ4v) is 3.40. The topological polar surface area (TPSA) is 70.6 Å². The van der Waals surface area contributed by atoms with Crippen LogP contribution in [-0.4, -0.2) is 60.6 Å². The number of benzene rings is 2. The molecule has 1 aliphatic heterocycles. The van der Waals surface area contributed by atoms with E-state index in [0.29, 0.717) is 11.4 Å². The second-order valence-corrected chi connectivity index (χ2v) is 7.94.